The van der Waals surface area contributed by atoms with Crippen LogP contribution >= 0.6 is 0 Å². The quantitative estimate of drug-likeness (QED) is 0.839. The zero-order valence-electron chi connectivity index (χ0n) is 11.0. The highest BCUT2D eigenvalue weighted by Crippen LogP contribution is 2.22. The van der Waals surface area contributed by atoms with E-state index in [1.165, 1.54) is 29.9 Å². The molecular weight excluding hydrogens is 284 g/mol. The number of piperidine rings is 1. The lowest BCUT2D eigenvalue weighted by atomic mass is 10.0. The Kier molecular flexibility index (Phi) is 3.96. The van der Waals surface area contributed by atoms with Crippen LogP contribution < -0.4 is 5.56 Å². The molecule has 1 aliphatic heterocycles. The van der Waals surface area contributed by atoms with Crippen LogP contribution in [0.1, 0.15) is 12.8 Å². The minimum absolute atomic E-state index is 0.0876. The van der Waals surface area contributed by atoms with E-state index in [0.29, 0.717) is 12.8 Å². The predicted molar refractivity (Wildman–Crippen MR) is 70.8 cm³/mol. The van der Waals surface area contributed by atoms with E-state index in [4.69, 9.17) is 5.11 Å². The summed E-state index contributed by atoms with van der Waals surface area (Å²) in [6, 6.07) is 2.73. The molecule has 1 fully saturated rings. The zero-order valence-corrected chi connectivity index (χ0v) is 11.8. The Balaban J connectivity index is 2.38. The van der Waals surface area contributed by atoms with E-state index in [9.17, 15) is 18.0 Å². The second-order valence-corrected chi connectivity index (χ2v) is 6.74. The van der Waals surface area contributed by atoms with E-state index in [0.717, 1.165) is 4.31 Å². The van der Waals surface area contributed by atoms with Crippen molar-refractivity contribution in [2.75, 3.05) is 13.1 Å². The van der Waals surface area contributed by atoms with Gasteiger partial charge < -0.3 is 9.67 Å². The Morgan fingerprint density at radius 3 is 2.80 bits per heavy atom. The molecule has 0 amide bonds. The van der Waals surface area contributed by atoms with E-state index in [-0.39, 0.29) is 18.0 Å². The fraction of sp³-hybridized carbons (Fsp3) is 0.500. The first-order valence-electron chi connectivity index (χ1n) is 6.22. The van der Waals surface area contributed by atoms with Crippen molar-refractivity contribution in [3.05, 3.63) is 28.7 Å². The summed E-state index contributed by atoms with van der Waals surface area (Å²) in [6.45, 7) is 0.153. The summed E-state index contributed by atoms with van der Waals surface area (Å²) in [5.74, 6) is -1.73. The summed E-state index contributed by atoms with van der Waals surface area (Å²) in [4.78, 5) is 22.6. The number of sulfonamides is 1. The lowest BCUT2D eigenvalue weighted by Gasteiger charge is -2.29. The maximum absolute atomic E-state index is 12.4. The Labute approximate surface area is 116 Å². The van der Waals surface area contributed by atoms with Crippen molar-refractivity contribution in [2.45, 2.75) is 17.7 Å². The Bertz CT molecular complexity index is 679. The van der Waals surface area contributed by atoms with E-state index in [1.54, 1.807) is 0 Å². The second-order valence-electron chi connectivity index (χ2n) is 4.83. The summed E-state index contributed by atoms with van der Waals surface area (Å²) in [5, 5.41) is 9.00. The van der Waals surface area contributed by atoms with Gasteiger partial charge in [0.2, 0.25) is 10.0 Å². The largest absolute Gasteiger partial charge is 0.481 e. The number of nitrogens with zero attached hydrogens (tertiary/aromatic N) is 2. The molecule has 0 saturated carbocycles. The van der Waals surface area contributed by atoms with E-state index < -0.39 is 27.5 Å². The number of carboxylic acid groups (broad SMARTS) is 1. The molecule has 1 saturated heterocycles. The number of aryl methyl sites for hydroxylation is 1. The molecule has 110 valence electrons. The Hall–Kier alpha value is -1.67. The van der Waals surface area contributed by atoms with Crippen LogP contribution in [0, 0.1) is 5.92 Å². The number of hydrogen-bond acceptors (Lipinski definition) is 4. The van der Waals surface area contributed by atoms with Crippen molar-refractivity contribution in [2.24, 2.45) is 13.0 Å². The van der Waals surface area contributed by atoms with Crippen LogP contribution in [0.5, 0.6) is 0 Å². The molecule has 0 aliphatic carbocycles. The SMILES string of the molecule is Cn1cccc(S(=O)(=O)N2CCCC(C(=O)O)C2)c1=O. The molecule has 8 heteroatoms. The van der Waals surface area contributed by atoms with Gasteiger partial charge in [-0.2, -0.15) is 4.31 Å². The van der Waals surface area contributed by atoms with E-state index in [2.05, 4.69) is 0 Å². The molecule has 1 aromatic heterocycles. The molecule has 2 rings (SSSR count). The smallest absolute Gasteiger partial charge is 0.307 e. The number of hydrogen-bond donors (Lipinski definition) is 1. The molecule has 1 atom stereocenters. The van der Waals surface area contributed by atoms with E-state index >= 15 is 0 Å². The van der Waals surface area contributed by atoms with Gasteiger partial charge in [-0.1, -0.05) is 0 Å². The average molecular weight is 300 g/mol. The maximum atomic E-state index is 12.4. The highest BCUT2D eigenvalue weighted by Gasteiger charge is 2.34. The normalized spacial score (nSPS) is 20.8. The molecular formula is C12H16N2O5S. The van der Waals surface area contributed by atoms with Gasteiger partial charge in [0.1, 0.15) is 4.90 Å². The molecule has 1 aliphatic rings. The maximum Gasteiger partial charge on any atom is 0.307 e. The van der Waals surface area contributed by atoms with Crippen LogP contribution in [0.15, 0.2) is 28.0 Å². The molecule has 0 aromatic carbocycles. The summed E-state index contributed by atoms with van der Waals surface area (Å²) < 4.78 is 27.2. The third-order valence-corrected chi connectivity index (χ3v) is 5.32. The number of rotatable bonds is 3. The first-order valence-corrected chi connectivity index (χ1v) is 7.66. The fourth-order valence-corrected chi connectivity index (χ4v) is 3.91. The minimum Gasteiger partial charge on any atom is -0.481 e. The van der Waals surface area contributed by atoms with Crippen LogP contribution in [0.4, 0.5) is 0 Å². The summed E-state index contributed by atoms with van der Waals surface area (Å²) in [5.41, 5.74) is -0.607. The molecule has 0 radical (unpaired) electrons. The van der Waals surface area contributed by atoms with Crippen molar-refractivity contribution >= 4 is 16.0 Å². The van der Waals surface area contributed by atoms with Gasteiger partial charge in [-0.3, -0.25) is 9.59 Å². The van der Waals surface area contributed by atoms with Crippen molar-refractivity contribution < 1.29 is 18.3 Å². The molecule has 1 aromatic rings. The fourth-order valence-electron chi connectivity index (χ4n) is 2.27. The van der Waals surface area contributed by atoms with Gasteiger partial charge in [0, 0.05) is 26.3 Å². The number of aromatic nitrogens is 1. The van der Waals surface area contributed by atoms with Gasteiger partial charge >= 0.3 is 5.97 Å². The molecule has 1 unspecified atom stereocenters. The highest BCUT2D eigenvalue weighted by molar-refractivity contribution is 7.89. The molecule has 2 heterocycles. The first-order chi connectivity index (χ1) is 9.34. The van der Waals surface area contributed by atoms with Gasteiger partial charge in [-0.25, -0.2) is 8.42 Å². The van der Waals surface area contributed by atoms with Gasteiger partial charge in [-0.15, -0.1) is 0 Å². The summed E-state index contributed by atoms with van der Waals surface area (Å²) in [6.07, 6.45) is 2.40. The third-order valence-electron chi connectivity index (χ3n) is 3.44. The monoisotopic (exact) mass is 300 g/mol. The van der Waals surface area contributed by atoms with Crippen LogP contribution in [0.2, 0.25) is 0 Å². The number of carbonyl (C=O) groups is 1. The minimum atomic E-state index is -3.94. The van der Waals surface area contributed by atoms with Crippen LogP contribution in [-0.4, -0.2) is 41.5 Å². The highest BCUT2D eigenvalue weighted by atomic mass is 32.2. The van der Waals surface area contributed by atoms with Gasteiger partial charge in [0.15, 0.2) is 0 Å². The van der Waals surface area contributed by atoms with Gasteiger partial charge in [0.25, 0.3) is 5.56 Å². The van der Waals surface area contributed by atoms with Crippen LogP contribution in [0.25, 0.3) is 0 Å². The molecule has 0 spiro atoms. The first kappa shape index (κ1) is 14.7. The summed E-state index contributed by atoms with van der Waals surface area (Å²) >= 11 is 0. The van der Waals surface area contributed by atoms with Gasteiger partial charge in [-0.05, 0) is 25.0 Å². The zero-order chi connectivity index (χ0) is 14.9. The predicted octanol–water partition coefficient (Wildman–Crippen LogP) is -0.129. The Morgan fingerprint density at radius 2 is 2.15 bits per heavy atom. The average Bonchev–Trinajstić information content (AvgIpc) is 2.41. The van der Waals surface area contributed by atoms with Gasteiger partial charge in [0.05, 0.1) is 5.92 Å². The van der Waals surface area contributed by atoms with Crippen LogP contribution in [0.3, 0.4) is 0 Å². The second kappa shape index (κ2) is 5.37. The number of aliphatic carboxylic acids is 1. The van der Waals surface area contributed by atoms with Crippen molar-refractivity contribution in [1.29, 1.82) is 0 Å². The topological polar surface area (TPSA) is 96.7 Å². The van der Waals surface area contributed by atoms with E-state index in [1.807, 2.05) is 0 Å². The number of pyridine rings is 1. The van der Waals surface area contributed by atoms with Crippen molar-refractivity contribution in [1.82, 2.24) is 8.87 Å². The van der Waals surface area contributed by atoms with Crippen molar-refractivity contribution in [3.8, 4) is 0 Å². The Morgan fingerprint density at radius 1 is 1.45 bits per heavy atom. The van der Waals surface area contributed by atoms with Crippen molar-refractivity contribution in [3.63, 3.8) is 0 Å². The number of carboxylic acids is 1. The lowest BCUT2D eigenvalue weighted by Crippen LogP contribution is -2.44. The molecule has 7 nitrogen and oxygen atoms in total. The lowest BCUT2D eigenvalue weighted by molar-refractivity contribution is -0.142. The molecule has 1 N–H and O–H groups in total. The third kappa shape index (κ3) is 2.61. The summed E-state index contributed by atoms with van der Waals surface area (Å²) in [7, 11) is -2.48. The van der Waals surface area contributed by atoms with Crippen LogP contribution in [-0.2, 0) is 21.9 Å². The molecule has 20 heavy (non-hydrogen) atoms. The standard InChI is InChI=1S/C12H16N2O5S/c1-13-6-3-5-10(11(13)15)20(18,19)14-7-2-4-9(8-14)12(16)17/h3,5-6,9H,2,4,7-8H2,1H3,(H,16,17). The molecule has 0 bridgehead atoms.